The number of anilines is 1. The second-order valence-corrected chi connectivity index (χ2v) is 5.83. The van der Waals surface area contributed by atoms with Crippen LogP contribution in [0.2, 0.25) is 0 Å². The summed E-state index contributed by atoms with van der Waals surface area (Å²) in [5.74, 6) is -0.848. The van der Waals surface area contributed by atoms with Crippen molar-refractivity contribution in [2.75, 3.05) is 5.32 Å². The maximum absolute atomic E-state index is 12.0. The number of ether oxygens (including phenoxy) is 1. The van der Waals surface area contributed by atoms with Crippen LogP contribution >= 0.6 is 0 Å². The van der Waals surface area contributed by atoms with E-state index in [0.717, 1.165) is 24.8 Å². The van der Waals surface area contributed by atoms with Crippen molar-refractivity contribution in [1.29, 1.82) is 0 Å². The lowest BCUT2D eigenvalue weighted by molar-refractivity contribution is -0.137. The van der Waals surface area contributed by atoms with Crippen LogP contribution in [0, 0.1) is 0 Å². The highest BCUT2D eigenvalue weighted by molar-refractivity contribution is 5.90. The molecular formula is C17H23NO4. The first-order valence-corrected chi connectivity index (χ1v) is 7.79. The summed E-state index contributed by atoms with van der Waals surface area (Å²) >= 11 is 0. The number of nitrogens with one attached hydrogen (secondary N) is 1. The second kappa shape index (κ2) is 7.94. The maximum atomic E-state index is 12.0. The molecule has 0 radical (unpaired) electrons. The molecule has 1 fully saturated rings. The normalized spacial score (nSPS) is 20.8. The highest BCUT2D eigenvalue weighted by atomic mass is 16.5. The van der Waals surface area contributed by atoms with Gasteiger partial charge in [0.05, 0.1) is 12.2 Å². The summed E-state index contributed by atoms with van der Waals surface area (Å²) < 4.78 is 5.70. The van der Waals surface area contributed by atoms with Crippen molar-refractivity contribution in [1.82, 2.24) is 0 Å². The van der Waals surface area contributed by atoms with E-state index < -0.39 is 5.97 Å². The molecule has 1 aliphatic heterocycles. The molecule has 1 heterocycles. The molecular weight excluding hydrogens is 282 g/mol. The third-order valence-electron chi connectivity index (χ3n) is 3.85. The van der Waals surface area contributed by atoms with Gasteiger partial charge in [-0.05, 0) is 50.3 Å². The van der Waals surface area contributed by atoms with E-state index in [2.05, 4.69) is 12.2 Å². The Morgan fingerprint density at radius 2 is 2.14 bits per heavy atom. The average Bonchev–Trinajstić information content (AvgIpc) is 2.89. The topological polar surface area (TPSA) is 75.6 Å². The SMILES string of the molecule is CC1CCC(CCC(=O)Nc2cccc(CCC(=O)O)c2)O1. The number of benzene rings is 1. The van der Waals surface area contributed by atoms with E-state index in [4.69, 9.17) is 9.84 Å². The molecule has 2 N–H and O–H groups in total. The van der Waals surface area contributed by atoms with Crippen LogP contribution in [0.1, 0.15) is 44.6 Å². The van der Waals surface area contributed by atoms with Gasteiger partial charge in [-0.2, -0.15) is 0 Å². The van der Waals surface area contributed by atoms with Crippen LogP contribution in [-0.4, -0.2) is 29.2 Å². The first kappa shape index (κ1) is 16.5. The summed E-state index contributed by atoms with van der Waals surface area (Å²) in [5.41, 5.74) is 1.63. The molecule has 120 valence electrons. The monoisotopic (exact) mass is 305 g/mol. The lowest BCUT2D eigenvalue weighted by Crippen LogP contribution is -2.16. The standard InChI is InChI=1S/C17H23NO4/c1-12-5-7-15(22-12)8-9-16(19)18-14-4-2-3-13(11-14)6-10-17(20)21/h2-4,11-12,15H,5-10H2,1H3,(H,18,19)(H,20,21). The summed E-state index contributed by atoms with van der Waals surface area (Å²) in [6, 6.07) is 7.34. The summed E-state index contributed by atoms with van der Waals surface area (Å²) in [7, 11) is 0. The van der Waals surface area contributed by atoms with Gasteiger partial charge in [0.2, 0.25) is 5.91 Å². The van der Waals surface area contributed by atoms with Crippen molar-refractivity contribution in [3.05, 3.63) is 29.8 Å². The number of carbonyl (C=O) groups is 2. The summed E-state index contributed by atoms with van der Waals surface area (Å²) in [6.45, 7) is 2.06. The fraction of sp³-hybridized carbons (Fsp3) is 0.529. The van der Waals surface area contributed by atoms with Crippen LogP contribution in [0.15, 0.2) is 24.3 Å². The van der Waals surface area contributed by atoms with Crippen LogP contribution in [0.5, 0.6) is 0 Å². The van der Waals surface area contributed by atoms with Gasteiger partial charge >= 0.3 is 5.97 Å². The van der Waals surface area contributed by atoms with E-state index in [1.807, 2.05) is 24.3 Å². The highest BCUT2D eigenvalue weighted by Gasteiger charge is 2.22. The molecule has 5 heteroatoms. The van der Waals surface area contributed by atoms with E-state index in [1.165, 1.54) is 0 Å². The number of hydrogen-bond acceptors (Lipinski definition) is 3. The molecule has 22 heavy (non-hydrogen) atoms. The Labute approximate surface area is 130 Å². The van der Waals surface area contributed by atoms with Gasteiger partial charge in [-0.15, -0.1) is 0 Å². The molecule has 5 nitrogen and oxygen atoms in total. The molecule has 1 saturated heterocycles. The average molecular weight is 305 g/mol. The van der Waals surface area contributed by atoms with Crippen molar-refractivity contribution < 1.29 is 19.4 Å². The van der Waals surface area contributed by atoms with Crippen molar-refractivity contribution in [3.63, 3.8) is 0 Å². The fourth-order valence-electron chi connectivity index (χ4n) is 2.67. The van der Waals surface area contributed by atoms with Gasteiger partial charge in [-0.1, -0.05) is 12.1 Å². The van der Waals surface area contributed by atoms with E-state index in [0.29, 0.717) is 24.6 Å². The molecule has 1 aromatic carbocycles. The first-order chi connectivity index (χ1) is 10.5. The number of rotatable bonds is 7. The zero-order valence-corrected chi connectivity index (χ0v) is 12.9. The Hall–Kier alpha value is -1.88. The molecule has 2 atom stereocenters. The van der Waals surface area contributed by atoms with Crippen LogP contribution in [0.3, 0.4) is 0 Å². The van der Waals surface area contributed by atoms with E-state index in [9.17, 15) is 9.59 Å². The van der Waals surface area contributed by atoms with Crippen LogP contribution in [0.4, 0.5) is 5.69 Å². The quantitative estimate of drug-likeness (QED) is 0.812. The van der Waals surface area contributed by atoms with Crippen molar-refractivity contribution in [3.8, 4) is 0 Å². The van der Waals surface area contributed by atoms with E-state index in [-0.39, 0.29) is 18.4 Å². The molecule has 0 aromatic heterocycles. The largest absolute Gasteiger partial charge is 0.481 e. The predicted octanol–water partition coefficient (Wildman–Crippen LogP) is 2.99. The number of carbonyl (C=O) groups excluding carboxylic acids is 1. The van der Waals surface area contributed by atoms with Crippen molar-refractivity contribution in [2.24, 2.45) is 0 Å². The third-order valence-corrected chi connectivity index (χ3v) is 3.85. The van der Waals surface area contributed by atoms with Gasteiger partial charge in [-0.3, -0.25) is 9.59 Å². The van der Waals surface area contributed by atoms with E-state index in [1.54, 1.807) is 0 Å². The van der Waals surface area contributed by atoms with Gasteiger partial charge in [-0.25, -0.2) is 0 Å². The lowest BCUT2D eigenvalue weighted by atomic mass is 10.1. The fourth-order valence-corrected chi connectivity index (χ4v) is 2.67. The molecule has 0 bridgehead atoms. The molecule has 1 aliphatic rings. The lowest BCUT2D eigenvalue weighted by Gasteiger charge is -2.11. The highest BCUT2D eigenvalue weighted by Crippen LogP contribution is 2.22. The predicted molar refractivity (Wildman–Crippen MR) is 83.8 cm³/mol. The number of aliphatic carboxylic acids is 1. The zero-order valence-electron chi connectivity index (χ0n) is 12.9. The molecule has 1 amide bonds. The van der Waals surface area contributed by atoms with Crippen LogP contribution in [-0.2, 0) is 20.7 Å². The van der Waals surface area contributed by atoms with Crippen LogP contribution in [0.25, 0.3) is 0 Å². The number of hydrogen-bond donors (Lipinski definition) is 2. The Morgan fingerprint density at radius 1 is 1.32 bits per heavy atom. The third kappa shape index (κ3) is 5.48. The van der Waals surface area contributed by atoms with Gasteiger partial charge < -0.3 is 15.2 Å². The molecule has 2 rings (SSSR count). The van der Waals surface area contributed by atoms with Crippen molar-refractivity contribution in [2.45, 2.75) is 57.7 Å². The smallest absolute Gasteiger partial charge is 0.303 e. The minimum Gasteiger partial charge on any atom is -0.481 e. The van der Waals surface area contributed by atoms with E-state index >= 15 is 0 Å². The summed E-state index contributed by atoms with van der Waals surface area (Å²) in [4.78, 5) is 22.6. The Bertz CT molecular complexity index is 529. The van der Waals surface area contributed by atoms with Gasteiger partial charge in [0.15, 0.2) is 0 Å². The maximum Gasteiger partial charge on any atom is 0.303 e. The number of aryl methyl sites for hydroxylation is 1. The zero-order chi connectivity index (χ0) is 15.9. The van der Waals surface area contributed by atoms with Crippen molar-refractivity contribution >= 4 is 17.6 Å². The number of carboxylic acid groups (broad SMARTS) is 1. The second-order valence-electron chi connectivity index (χ2n) is 5.83. The number of carboxylic acids is 1. The number of amides is 1. The minimum atomic E-state index is -0.819. The summed E-state index contributed by atoms with van der Waals surface area (Å²) in [6.07, 6.45) is 4.34. The molecule has 0 spiro atoms. The van der Waals surface area contributed by atoms with Gasteiger partial charge in [0.25, 0.3) is 0 Å². The van der Waals surface area contributed by atoms with Gasteiger partial charge in [0, 0.05) is 18.5 Å². The van der Waals surface area contributed by atoms with Gasteiger partial charge in [0.1, 0.15) is 0 Å². The molecule has 0 aliphatic carbocycles. The molecule has 2 unspecified atom stereocenters. The Morgan fingerprint density at radius 3 is 2.82 bits per heavy atom. The summed E-state index contributed by atoms with van der Waals surface area (Å²) in [5, 5.41) is 11.6. The minimum absolute atomic E-state index is 0.0291. The molecule has 0 saturated carbocycles. The Kier molecular flexibility index (Phi) is 5.95. The van der Waals surface area contributed by atoms with Crippen LogP contribution < -0.4 is 5.32 Å². The molecule has 1 aromatic rings. The Balaban J connectivity index is 1.78. The first-order valence-electron chi connectivity index (χ1n) is 7.79.